The number of benzene rings is 1. The minimum atomic E-state index is -0.0707. The average molecular weight is 509 g/mol. The fourth-order valence-electron chi connectivity index (χ4n) is 4.56. The maximum atomic E-state index is 12.0. The molecule has 5 aromatic rings. The number of thiophene rings is 1. The molecule has 1 aliphatic heterocycles. The Bertz CT molecular complexity index is 1690. The molecular weight excluding hydrogens is 484 g/mol. The SMILES string of the molecule is C=CC(=O)N1CC(n2cc(-c3nc(-c4ccc(=O)n(C)c4)c4ccsc4c3Nc3ccccc3)cn2)C1. The van der Waals surface area contributed by atoms with Crippen molar-refractivity contribution in [2.75, 3.05) is 18.4 Å². The normalized spacial score (nSPS) is 13.5. The minimum absolute atomic E-state index is 0.0651. The number of aromatic nitrogens is 4. The fourth-order valence-corrected chi connectivity index (χ4v) is 5.46. The van der Waals surface area contributed by atoms with E-state index in [1.165, 1.54) is 6.08 Å². The monoisotopic (exact) mass is 508 g/mol. The molecule has 0 atom stereocenters. The molecule has 0 unspecified atom stereocenters. The van der Waals surface area contributed by atoms with E-state index in [1.54, 1.807) is 33.9 Å². The van der Waals surface area contributed by atoms with Gasteiger partial charge in [0.05, 0.1) is 34.0 Å². The zero-order chi connectivity index (χ0) is 25.5. The van der Waals surface area contributed by atoms with Crippen molar-refractivity contribution in [1.29, 1.82) is 0 Å². The van der Waals surface area contributed by atoms with E-state index < -0.39 is 0 Å². The summed E-state index contributed by atoms with van der Waals surface area (Å²) in [5.41, 5.74) is 5.10. The number of nitrogens with zero attached hydrogens (tertiary/aromatic N) is 5. The first-order chi connectivity index (χ1) is 18.0. The molecule has 184 valence electrons. The van der Waals surface area contributed by atoms with Crippen LogP contribution in [0.1, 0.15) is 6.04 Å². The van der Waals surface area contributed by atoms with Gasteiger partial charge >= 0.3 is 0 Å². The van der Waals surface area contributed by atoms with Gasteiger partial charge in [-0.05, 0) is 35.7 Å². The third-order valence-corrected chi connectivity index (χ3v) is 7.54. The highest BCUT2D eigenvalue weighted by molar-refractivity contribution is 7.18. The van der Waals surface area contributed by atoms with Crippen molar-refractivity contribution in [1.82, 2.24) is 24.2 Å². The number of anilines is 2. The topological polar surface area (TPSA) is 85.0 Å². The molecule has 0 aliphatic carbocycles. The van der Waals surface area contributed by atoms with E-state index in [0.29, 0.717) is 13.1 Å². The molecule has 1 fully saturated rings. The fraction of sp³-hybridized carbons (Fsp3) is 0.143. The van der Waals surface area contributed by atoms with Crippen LogP contribution in [0.25, 0.3) is 32.6 Å². The summed E-state index contributed by atoms with van der Waals surface area (Å²) in [6.45, 7) is 4.76. The van der Waals surface area contributed by atoms with Crippen LogP contribution < -0.4 is 10.9 Å². The van der Waals surface area contributed by atoms with Crippen molar-refractivity contribution in [3.63, 3.8) is 0 Å². The van der Waals surface area contributed by atoms with Gasteiger partial charge in [0.15, 0.2) is 0 Å². The molecule has 0 spiro atoms. The third kappa shape index (κ3) is 4.13. The third-order valence-electron chi connectivity index (χ3n) is 6.61. The van der Waals surface area contributed by atoms with Gasteiger partial charge in [0.2, 0.25) is 11.5 Å². The number of para-hydroxylation sites is 1. The van der Waals surface area contributed by atoms with Gasteiger partial charge in [0, 0.05) is 60.8 Å². The predicted molar refractivity (Wildman–Crippen MR) is 147 cm³/mol. The van der Waals surface area contributed by atoms with Crippen LogP contribution >= 0.6 is 11.3 Å². The van der Waals surface area contributed by atoms with Gasteiger partial charge in [-0.15, -0.1) is 11.3 Å². The largest absolute Gasteiger partial charge is 0.353 e. The molecule has 5 heterocycles. The van der Waals surface area contributed by atoms with Gasteiger partial charge < -0.3 is 14.8 Å². The summed E-state index contributed by atoms with van der Waals surface area (Å²) in [6.07, 6.45) is 6.97. The number of aryl methyl sites for hydroxylation is 1. The maximum absolute atomic E-state index is 12.0. The highest BCUT2D eigenvalue weighted by atomic mass is 32.1. The lowest BCUT2D eigenvalue weighted by molar-refractivity contribution is -0.131. The first kappa shape index (κ1) is 22.9. The van der Waals surface area contributed by atoms with Crippen molar-refractivity contribution in [2.45, 2.75) is 6.04 Å². The Kier molecular flexibility index (Phi) is 5.69. The molecule has 0 saturated carbocycles. The number of fused-ring (bicyclic) bond motifs is 1. The van der Waals surface area contributed by atoms with Gasteiger partial charge in [0.25, 0.3) is 0 Å². The van der Waals surface area contributed by atoms with E-state index in [-0.39, 0.29) is 17.5 Å². The summed E-state index contributed by atoms with van der Waals surface area (Å²) in [6, 6.07) is 15.6. The van der Waals surface area contributed by atoms with E-state index in [1.807, 2.05) is 59.7 Å². The van der Waals surface area contributed by atoms with Crippen molar-refractivity contribution in [3.05, 3.63) is 95.5 Å². The Labute approximate surface area is 217 Å². The lowest BCUT2D eigenvalue weighted by Gasteiger charge is -2.38. The van der Waals surface area contributed by atoms with Gasteiger partial charge in [-0.25, -0.2) is 4.98 Å². The summed E-state index contributed by atoms with van der Waals surface area (Å²) >= 11 is 1.64. The number of carbonyl (C=O) groups excluding carboxylic acids is 1. The zero-order valence-electron chi connectivity index (χ0n) is 20.2. The van der Waals surface area contributed by atoms with Crippen LogP contribution in [0.4, 0.5) is 11.4 Å². The van der Waals surface area contributed by atoms with E-state index in [9.17, 15) is 9.59 Å². The minimum Gasteiger partial charge on any atom is -0.353 e. The van der Waals surface area contributed by atoms with Gasteiger partial charge in [-0.1, -0.05) is 24.8 Å². The zero-order valence-corrected chi connectivity index (χ0v) is 21.0. The van der Waals surface area contributed by atoms with Crippen LogP contribution in [-0.2, 0) is 11.8 Å². The summed E-state index contributed by atoms with van der Waals surface area (Å²) in [5.74, 6) is -0.0651. The Morgan fingerprint density at radius 3 is 2.65 bits per heavy atom. The quantitative estimate of drug-likeness (QED) is 0.332. The predicted octanol–water partition coefficient (Wildman–Crippen LogP) is 4.84. The summed E-state index contributed by atoms with van der Waals surface area (Å²) in [5, 5.41) is 11.3. The van der Waals surface area contributed by atoms with Gasteiger partial charge in [0.1, 0.15) is 0 Å². The Hall–Kier alpha value is -4.50. The van der Waals surface area contributed by atoms with E-state index in [4.69, 9.17) is 4.98 Å². The van der Waals surface area contributed by atoms with Gasteiger partial charge in [-0.3, -0.25) is 14.3 Å². The number of amides is 1. The molecule has 8 nitrogen and oxygen atoms in total. The van der Waals surface area contributed by atoms with Gasteiger partial charge in [-0.2, -0.15) is 5.10 Å². The first-order valence-electron chi connectivity index (χ1n) is 11.9. The van der Waals surface area contributed by atoms with Crippen LogP contribution in [0.2, 0.25) is 0 Å². The number of carbonyl (C=O) groups is 1. The summed E-state index contributed by atoms with van der Waals surface area (Å²) < 4.78 is 4.54. The van der Waals surface area contributed by atoms with Crippen LogP contribution in [0.3, 0.4) is 0 Å². The molecular formula is C28H24N6O2S. The number of hydrogen-bond acceptors (Lipinski definition) is 6. The second-order valence-electron chi connectivity index (χ2n) is 9.02. The lowest BCUT2D eigenvalue weighted by Crippen LogP contribution is -2.50. The van der Waals surface area contributed by atoms with Crippen LogP contribution in [0.15, 0.2) is 90.0 Å². The Morgan fingerprint density at radius 1 is 1.08 bits per heavy atom. The molecule has 9 heteroatoms. The molecule has 6 rings (SSSR count). The van der Waals surface area contributed by atoms with E-state index in [2.05, 4.69) is 28.4 Å². The molecule has 4 aromatic heterocycles. The van der Waals surface area contributed by atoms with Crippen molar-refractivity contribution in [2.24, 2.45) is 7.05 Å². The Morgan fingerprint density at radius 2 is 1.89 bits per heavy atom. The second-order valence-corrected chi connectivity index (χ2v) is 9.93. The molecule has 0 bridgehead atoms. The van der Waals surface area contributed by atoms with Crippen molar-refractivity contribution >= 4 is 38.7 Å². The standard InChI is InChI=1S/C28H24N6O2S/c1-3-23(35)33-16-21(17-33)34-15-19(13-29-34)26-27(30-20-7-5-4-6-8-20)28-22(11-12-37-28)25(31-26)18-9-10-24(36)32(2)14-18/h3-15,21,30H,1,16-17H2,2H3. The smallest absolute Gasteiger partial charge is 0.250 e. The highest BCUT2D eigenvalue weighted by Gasteiger charge is 2.31. The molecule has 37 heavy (non-hydrogen) atoms. The summed E-state index contributed by atoms with van der Waals surface area (Å²) in [4.78, 5) is 30.8. The van der Waals surface area contributed by atoms with E-state index >= 15 is 0 Å². The molecule has 0 radical (unpaired) electrons. The second kappa shape index (κ2) is 9.18. The number of likely N-dealkylation sites (tertiary alicyclic amines) is 1. The van der Waals surface area contributed by atoms with E-state index in [0.717, 1.165) is 44.0 Å². The number of rotatable bonds is 6. The first-order valence-corrected chi connectivity index (χ1v) is 12.8. The molecule has 1 N–H and O–H groups in total. The number of nitrogens with one attached hydrogen (secondary N) is 1. The molecule has 1 aliphatic rings. The van der Waals surface area contributed by atoms with Crippen molar-refractivity contribution < 1.29 is 4.79 Å². The maximum Gasteiger partial charge on any atom is 0.250 e. The molecule has 1 aromatic carbocycles. The average Bonchev–Trinajstić information content (AvgIpc) is 3.56. The Balaban J connectivity index is 1.48. The summed E-state index contributed by atoms with van der Waals surface area (Å²) in [7, 11) is 1.74. The lowest BCUT2D eigenvalue weighted by atomic mass is 10.1. The van der Waals surface area contributed by atoms with Crippen LogP contribution in [0, 0.1) is 0 Å². The van der Waals surface area contributed by atoms with Crippen LogP contribution in [-0.4, -0.2) is 43.2 Å². The number of hydrogen-bond donors (Lipinski definition) is 1. The van der Waals surface area contributed by atoms with Crippen LogP contribution in [0.5, 0.6) is 0 Å². The van der Waals surface area contributed by atoms with Crippen molar-refractivity contribution in [3.8, 4) is 22.5 Å². The molecule has 1 saturated heterocycles. The number of pyridine rings is 2. The molecule has 1 amide bonds. The highest BCUT2D eigenvalue weighted by Crippen LogP contribution is 2.42.